The molecule has 178 valence electrons. The molecule has 0 radical (unpaired) electrons. The molecule has 9 nitrogen and oxygen atoms in total. The normalized spacial score (nSPS) is 26.2. The molecule has 2 bridgehead atoms. The molecule has 1 saturated carbocycles. The summed E-state index contributed by atoms with van der Waals surface area (Å²) < 4.78 is 10.8. The number of nitrogens with one attached hydrogen (secondary N) is 1. The van der Waals surface area contributed by atoms with E-state index in [1.807, 2.05) is 11.9 Å². The van der Waals surface area contributed by atoms with Crippen LogP contribution in [0.15, 0.2) is 16.3 Å². The number of carboxylic acid groups (broad SMARTS) is 1. The summed E-state index contributed by atoms with van der Waals surface area (Å²) in [7, 11) is 3.57. The van der Waals surface area contributed by atoms with Crippen molar-refractivity contribution in [3.8, 4) is 0 Å². The maximum absolute atomic E-state index is 13.5. The number of oxime groups is 1. The van der Waals surface area contributed by atoms with Gasteiger partial charge in [0, 0.05) is 36.6 Å². The van der Waals surface area contributed by atoms with Gasteiger partial charge in [-0.25, -0.2) is 4.79 Å². The molecular formula is C23H29N3O6S. The first-order chi connectivity index (χ1) is 16.0. The lowest BCUT2D eigenvalue weighted by Crippen LogP contribution is -2.35. The van der Waals surface area contributed by atoms with Crippen molar-refractivity contribution in [1.82, 2.24) is 4.90 Å². The van der Waals surface area contributed by atoms with E-state index in [9.17, 15) is 14.7 Å². The number of aliphatic carboxylic acids is 1. The predicted octanol–water partition coefficient (Wildman–Crippen LogP) is 3.27. The molecule has 3 heterocycles. The van der Waals surface area contributed by atoms with Crippen LogP contribution in [0.3, 0.4) is 0 Å². The minimum Gasteiger partial charge on any atom is -0.478 e. The molecule has 2 aliphatic heterocycles. The molecule has 0 saturated heterocycles. The molecule has 1 amide bonds. The summed E-state index contributed by atoms with van der Waals surface area (Å²) in [5, 5.41) is 17.9. The SMILES string of the molecule is COCCC1=NOC(c2c(NC(=O)C3=C(C(=O)O)C4CCC3CC4)sc3c2CCOC3)N1C. The first-order valence-electron chi connectivity index (χ1n) is 11.4. The van der Waals surface area contributed by atoms with Gasteiger partial charge in [-0.15, -0.1) is 11.3 Å². The van der Waals surface area contributed by atoms with E-state index in [4.69, 9.17) is 14.3 Å². The van der Waals surface area contributed by atoms with E-state index in [0.29, 0.717) is 42.4 Å². The third-order valence-electron chi connectivity index (χ3n) is 7.19. The van der Waals surface area contributed by atoms with Gasteiger partial charge in [0.2, 0.25) is 6.23 Å². The Bertz CT molecular complexity index is 1020. The van der Waals surface area contributed by atoms with Gasteiger partial charge in [-0.1, -0.05) is 5.16 Å². The fourth-order valence-corrected chi connectivity index (χ4v) is 6.73. The van der Waals surface area contributed by atoms with Crippen molar-refractivity contribution < 1.29 is 29.0 Å². The molecule has 1 aromatic rings. The van der Waals surface area contributed by atoms with E-state index in [0.717, 1.165) is 53.9 Å². The van der Waals surface area contributed by atoms with Gasteiger partial charge in [-0.3, -0.25) is 4.79 Å². The van der Waals surface area contributed by atoms with Crippen LogP contribution in [0.1, 0.15) is 54.3 Å². The monoisotopic (exact) mass is 475 g/mol. The van der Waals surface area contributed by atoms with Gasteiger partial charge in [0.1, 0.15) is 10.8 Å². The third-order valence-corrected chi connectivity index (χ3v) is 8.33. The molecule has 1 aromatic heterocycles. The first kappa shape index (κ1) is 22.4. The molecule has 33 heavy (non-hydrogen) atoms. The number of carbonyl (C=O) groups excluding carboxylic acids is 1. The van der Waals surface area contributed by atoms with Crippen LogP contribution < -0.4 is 5.32 Å². The largest absolute Gasteiger partial charge is 0.478 e. The van der Waals surface area contributed by atoms with Gasteiger partial charge < -0.3 is 29.6 Å². The number of amides is 1. The van der Waals surface area contributed by atoms with E-state index < -0.39 is 12.2 Å². The molecular weight excluding hydrogens is 446 g/mol. The Morgan fingerprint density at radius 3 is 2.67 bits per heavy atom. The van der Waals surface area contributed by atoms with E-state index >= 15 is 0 Å². The highest BCUT2D eigenvalue weighted by Crippen LogP contribution is 2.47. The highest BCUT2D eigenvalue weighted by Gasteiger charge is 2.42. The summed E-state index contributed by atoms with van der Waals surface area (Å²) in [6, 6.07) is 0. The van der Waals surface area contributed by atoms with Crippen LogP contribution >= 0.6 is 11.3 Å². The summed E-state index contributed by atoms with van der Waals surface area (Å²) in [5.74, 6) is -0.505. The number of amidine groups is 1. The van der Waals surface area contributed by atoms with Crippen molar-refractivity contribution in [1.29, 1.82) is 0 Å². The van der Waals surface area contributed by atoms with Crippen molar-refractivity contribution in [2.24, 2.45) is 17.0 Å². The summed E-state index contributed by atoms with van der Waals surface area (Å²) in [6.07, 6.45) is 4.34. The van der Waals surface area contributed by atoms with Crippen LogP contribution in [0, 0.1) is 11.8 Å². The van der Waals surface area contributed by atoms with Crippen LogP contribution in [0.25, 0.3) is 0 Å². The van der Waals surface area contributed by atoms with Crippen LogP contribution in [0.5, 0.6) is 0 Å². The van der Waals surface area contributed by atoms with Crippen LogP contribution in [0.2, 0.25) is 0 Å². The number of thiophene rings is 1. The molecule has 6 rings (SSSR count). The zero-order valence-corrected chi connectivity index (χ0v) is 19.7. The second-order valence-electron chi connectivity index (χ2n) is 9.00. The molecule has 10 heteroatoms. The topological polar surface area (TPSA) is 110 Å². The second-order valence-corrected chi connectivity index (χ2v) is 10.1. The summed E-state index contributed by atoms with van der Waals surface area (Å²) >= 11 is 1.48. The average molecular weight is 476 g/mol. The van der Waals surface area contributed by atoms with Gasteiger partial charge in [-0.05, 0) is 49.5 Å². The number of hydrogen-bond donors (Lipinski definition) is 2. The lowest BCUT2D eigenvalue weighted by Gasteiger charge is -2.37. The lowest BCUT2D eigenvalue weighted by atomic mass is 9.66. The minimum absolute atomic E-state index is 0.0110. The Hall–Kier alpha value is -2.43. The number of carboxylic acids is 1. The Morgan fingerprint density at radius 2 is 1.97 bits per heavy atom. The molecule has 3 aliphatic carbocycles. The molecule has 5 aliphatic rings. The first-order valence-corrected chi connectivity index (χ1v) is 12.3. The Balaban J connectivity index is 1.47. The number of hydrogen-bond acceptors (Lipinski definition) is 8. The smallest absolute Gasteiger partial charge is 0.332 e. The molecule has 1 atom stereocenters. The summed E-state index contributed by atoms with van der Waals surface area (Å²) in [4.78, 5) is 34.4. The lowest BCUT2D eigenvalue weighted by molar-refractivity contribution is -0.134. The Morgan fingerprint density at radius 1 is 1.24 bits per heavy atom. The number of methoxy groups -OCH3 is 1. The Kier molecular flexibility index (Phi) is 6.15. The van der Waals surface area contributed by atoms with E-state index in [-0.39, 0.29) is 17.7 Å². The number of rotatable bonds is 7. The molecule has 0 spiro atoms. The van der Waals surface area contributed by atoms with Gasteiger partial charge in [0.05, 0.1) is 25.4 Å². The summed E-state index contributed by atoms with van der Waals surface area (Å²) in [6.45, 7) is 1.63. The van der Waals surface area contributed by atoms with E-state index in [1.165, 1.54) is 11.3 Å². The summed E-state index contributed by atoms with van der Waals surface area (Å²) in [5.41, 5.74) is 2.78. The zero-order valence-electron chi connectivity index (χ0n) is 18.9. The van der Waals surface area contributed by atoms with Crippen LogP contribution in [0.4, 0.5) is 5.00 Å². The van der Waals surface area contributed by atoms with Gasteiger partial charge in [0.15, 0.2) is 0 Å². The van der Waals surface area contributed by atoms with Crippen molar-refractivity contribution in [3.63, 3.8) is 0 Å². The number of carbonyl (C=O) groups is 2. The standard InChI is InChI=1S/C23H29N3O6S/c1-26-16(8-9-30-2)25-32-22(26)19-14-7-10-31-11-15(14)33-21(19)24-20(27)17-12-3-5-13(6-4-12)18(17)23(28)29/h12-13,22H,3-11H2,1-2H3,(H,24,27)(H,28,29). The maximum atomic E-state index is 13.5. The van der Waals surface area contributed by atoms with Gasteiger partial charge in [0.25, 0.3) is 5.91 Å². The van der Waals surface area contributed by atoms with Crippen LogP contribution in [-0.4, -0.2) is 55.1 Å². The molecule has 1 unspecified atom stereocenters. The molecule has 0 aromatic carbocycles. The van der Waals surface area contributed by atoms with Crippen LogP contribution in [-0.2, 0) is 36.9 Å². The highest BCUT2D eigenvalue weighted by molar-refractivity contribution is 7.16. The molecule has 2 N–H and O–H groups in total. The Labute approximate surface area is 196 Å². The van der Waals surface area contributed by atoms with Gasteiger partial charge >= 0.3 is 5.97 Å². The zero-order chi connectivity index (χ0) is 23.1. The number of nitrogens with zero attached hydrogens (tertiary/aromatic N) is 2. The predicted molar refractivity (Wildman–Crippen MR) is 122 cm³/mol. The van der Waals surface area contributed by atoms with Crippen molar-refractivity contribution in [3.05, 3.63) is 27.2 Å². The van der Waals surface area contributed by atoms with E-state index in [1.54, 1.807) is 7.11 Å². The third kappa shape index (κ3) is 3.94. The van der Waals surface area contributed by atoms with Gasteiger partial charge in [-0.2, -0.15) is 0 Å². The second kappa shape index (κ2) is 9.08. The fraction of sp³-hybridized carbons (Fsp3) is 0.609. The quantitative estimate of drug-likeness (QED) is 0.623. The van der Waals surface area contributed by atoms with E-state index in [2.05, 4.69) is 10.5 Å². The number of ether oxygens (including phenoxy) is 2. The van der Waals surface area contributed by atoms with Crippen molar-refractivity contribution in [2.75, 3.05) is 32.7 Å². The maximum Gasteiger partial charge on any atom is 0.332 e. The number of fused-ring (bicyclic) bond motifs is 3. The average Bonchev–Trinajstić information content (AvgIpc) is 3.36. The fourth-order valence-electron chi connectivity index (χ4n) is 5.53. The molecule has 1 fully saturated rings. The minimum atomic E-state index is -0.969. The highest BCUT2D eigenvalue weighted by atomic mass is 32.1. The van der Waals surface area contributed by atoms with Crippen molar-refractivity contribution >= 4 is 34.0 Å². The number of anilines is 1. The van der Waals surface area contributed by atoms with Crippen molar-refractivity contribution in [2.45, 2.75) is 51.4 Å².